The normalized spacial score (nSPS) is 11.3. The number of carbonyl (C=O) groups excluding carboxylic acids is 1. The summed E-state index contributed by atoms with van der Waals surface area (Å²) >= 11 is 0. The molecule has 0 fully saturated rings. The molecule has 2 rings (SSSR count). The molecule has 0 unspecified atom stereocenters. The number of nitrogens with zero attached hydrogens (tertiary/aromatic N) is 1. The molecule has 2 aromatic rings. The van der Waals surface area contributed by atoms with E-state index < -0.39 is 0 Å². The van der Waals surface area contributed by atoms with E-state index in [0.717, 1.165) is 22.4 Å². The van der Waals surface area contributed by atoms with Gasteiger partial charge < -0.3 is 14.2 Å². The van der Waals surface area contributed by atoms with Crippen molar-refractivity contribution in [1.29, 1.82) is 0 Å². The molecular formula is C22H28N2O4. The molecule has 0 aliphatic rings. The molecular weight excluding hydrogens is 356 g/mol. The summed E-state index contributed by atoms with van der Waals surface area (Å²) in [6.45, 7) is 7.93. The Bertz CT molecular complexity index is 860. The predicted molar refractivity (Wildman–Crippen MR) is 111 cm³/mol. The van der Waals surface area contributed by atoms with Crippen LogP contribution in [0, 0.1) is 6.92 Å². The fraction of sp³-hybridized carbons (Fsp3) is 0.364. The smallest absolute Gasteiger partial charge is 0.277 e. The lowest BCUT2D eigenvalue weighted by Gasteiger charge is -2.14. The third-order valence-electron chi connectivity index (χ3n) is 4.30. The van der Waals surface area contributed by atoms with Gasteiger partial charge in [0.1, 0.15) is 5.75 Å². The van der Waals surface area contributed by atoms with Crippen molar-refractivity contribution in [3.8, 4) is 17.2 Å². The largest absolute Gasteiger partial charge is 0.493 e. The number of nitrogens with one attached hydrogen (secondary N) is 1. The van der Waals surface area contributed by atoms with Crippen LogP contribution in [-0.4, -0.2) is 32.4 Å². The van der Waals surface area contributed by atoms with Crippen LogP contribution in [0.4, 0.5) is 0 Å². The molecule has 6 heteroatoms. The molecule has 0 radical (unpaired) electrons. The highest BCUT2D eigenvalue weighted by atomic mass is 16.5. The van der Waals surface area contributed by atoms with E-state index in [1.807, 2.05) is 31.2 Å². The number of rotatable bonds is 8. The molecule has 0 saturated carbocycles. The third kappa shape index (κ3) is 5.49. The molecule has 0 bridgehead atoms. The van der Waals surface area contributed by atoms with Crippen LogP contribution in [0.1, 0.15) is 43.4 Å². The number of benzene rings is 2. The van der Waals surface area contributed by atoms with Crippen molar-refractivity contribution in [3.63, 3.8) is 0 Å². The van der Waals surface area contributed by atoms with Gasteiger partial charge in [-0.15, -0.1) is 0 Å². The number of hydrogen-bond donors (Lipinski definition) is 1. The Morgan fingerprint density at radius 3 is 2.36 bits per heavy atom. The first kappa shape index (κ1) is 21.3. The van der Waals surface area contributed by atoms with Crippen molar-refractivity contribution >= 4 is 11.6 Å². The fourth-order valence-electron chi connectivity index (χ4n) is 2.70. The molecule has 0 saturated heterocycles. The lowest BCUT2D eigenvalue weighted by molar-refractivity contribution is -0.123. The monoisotopic (exact) mass is 384 g/mol. The first-order chi connectivity index (χ1) is 13.3. The van der Waals surface area contributed by atoms with E-state index in [1.54, 1.807) is 27.2 Å². The standard InChI is InChI=1S/C22H28N2O4/c1-14(2)18-11-15(3)7-9-19(18)28-13-22(25)24-23-16(4)17-8-10-20(26-5)21(12-17)27-6/h7-12,14H,13H2,1-6H3,(H,24,25)/b23-16-. The highest BCUT2D eigenvalue weighted by molar-refractivity contribution is 5.99. The number of amides is 1. The van der Waals surface area contributed by atoms with Gasteiger partial charge in [0.2, 0.25) is 0 Å². The zero-order valence-electron chi connectivity index (χ0n) is 17.3. The van der Waals surface area contributed by atoms with Gasteiger partial charge in [-0.05, 0) is 49.6 Å². The number of ether oxygens (including phenoxy) is 3. The minimum Gasteiger partial charge on any atom is -0.493 e. The van der Waals surface area contributed by atoms with Crippen molar-refractivity contribution in [2.24, 2.45) is 5.10 Å². The zero-order chi connectivity index (χ0) is 20.7. The van der Waals surface area contributed by atoms with Crippen LogP contribution in [0.3, 0.4) is 0 Å². The number of carbonyl (C=O) groups is 1. The van der Waals surface area contributed by atoms with E-state index in [4.69, 9.17) is 14.2 Å². The Morgan fingerprint density at radius 2 is 1.71 bits per heavy atom. The van der Waals surface area contributed by atoms with Crippen LogP contribution < -0.4 is 19.6 Å². The highest BCUT2D eigenvalue weighted by Crippen LogP contribution is 2.28. The van der Waals surface area contributed by atoms with E-state index in [2.05, 4.69) is 30.4 Å². The Hall–Kier alpha value is -3.02. The lowest BCUT2D eigenvalue weighted by Crippen LogP contribution is -2.26. The van der Waals surface area contributed by atoms with E-state index in [-0.39, 0.29) is 12.5 Å². The maximum atomic E-state index is 12.1. The van der Waals surface area contributed by atoms with Gasteiger partial charge in [0.05, 0.1) is 19.9 Å². The molecule has 0 atom stereocenters. The number of aryl methyl sites for hydroxylation is 1. The van der Waals surface area contributed by atoms with E-state index in [9.17, 15) is 4.79 Å². The molecule has 0 aromatic heterocycles. The van der Waals surface area contributed by atoms with E-state index in [1.165, 1.54) is 0 Å². The second kappa shape index (κ2) is 9.78. The summed E-state index contributed by atoms with van der Waals surface area (Å²) in [5.74, 6) is 1.94. The minimum atomic E-state index is -0.324. The summed E-state index contributed by atoms with van der Waals surface area (Å²) in [4.78, 5) is 12.1. The maximum Gasteiger partial charge on any atom is 0.277 e. The summed E-state index contributed by atoms with van der Waals surface area (Å²) < 4.78 is 16.2. The predicted octanol–water partition coefficient (Wildman–Crippen LogP) is 4.05. The maximum absolute atomic E-state index is 12.1. The number of methoxy groups -OCH3 is 2. The summed E-state index contributed by atoms with van der Waals surface area (Å²) in [5, 5.41) is 4.15. The average molecular weight is 384 g/mol. The van der Waals surface area contributed by atoms with Crippen LogP contribution in [0.2, 0.25) is 0 Å². The third-order valence-corrected chi connectivity index (χ3v) is 4.30. The summed E-state index contributed by atoms with van der Waals surface area (Å²) in [5.41, 5.74) is 6.24. The Morgan fingerprint density at radius 1 is 1.04 bits per heavy atom. The molecule has 6 nitrogen and oxygen atoms in total. The van der Waals surface area contributed by atoms with Crippen molar-refractivity contribution < 1.29 is 19.0 Å². The Labute approximate surface area is 166 Å². The van der Waals surface area contributed by atoms with Crippen LogP contribution >= 0.6 is 0 Å². The van der Waals surface area contributed by atoms with E-state index in [0.29, 0.717) is 23.1 Å². The molecule has 150 valence electrons. The lowest BCUT2D eigenvalue weighted by atomic mass is 10.00. The van der Waals surface area contributed by atoms with Crippen molar-refractivity contribution in [3.05, 3.63) is 53.1 Å². The topological polar surface area (TPSA) is 69.2 Å². The van der Waals surface area contributed by atoms with Crippen LogP contribution in [-0.2, 0) is 4.79 Å². The zero-order valence-corrected chi connectivity index (χ0v) is 17.3. The quantitative estimate of drug-likeness (QED) is 0.551. The second-order valence-electron chi connectivity index (χ2n) is 6.79. The van der Waals surface area contributed by atoms with Gasteiger partial charge >= 0.3 is 0 Å². The van der Waals surface area contributed by atoms with Gasteiger partial charge in [-0.3, -0.25) is 4.79 Å². The van der Waals surface area contributed by atoms with Gasteiger partial charge in [0.15, 0.2) is 18.1 Å². The van der Waals surface area contributed by atoms with Crippen molar-refractivity contribution in [2.45, 2.75) is 33.6 Å². The van der Waals surface area contributed by atoms with Gasteiger partial charge in [0, 0.05) is 5.56 Å². The van der Waals surface area contributed by atoms with Crippen LogP contribution in [0.5, 0.6) is 17.2 Å². The van der Waals surface area contributed by atoms with Crippen molar-refractivity contribution in [1.82, 2.24) is 5.43 Å². The molecule has 1 amide bonds. The molecule has 0 spiro atoms. The fourth-order valence-corrected chi connectivity index (χ4v) is 2.70. The van der Waals surface area contributed by atoms with Gasteiger partial charge in [-0.25, -0.2) is 5.43 Å². The first-order valence-electron chi connectivity index (χ1n) is 9.14. The molecule has 0 heterocycles. The molecule has 2 aromatic carbocycles. The van der Waals surface area contributed by atoms with E-state index >= 15 is 0 Å². The summed E-state index contributed by atoms with van der Waals surface area (Å²) in [7, 11) is 3.15. The Balaban J connectivity index is 2.00. The SMILES string of the molecule is COc1ccc(/C(C)=N\NC(=O)COc2ccc(C)cc2C(C)C)cc1OC. The minimum absolute atomic E-state index is 0.106. The van der Waals surface area contributed by atoms with Gasteiger partial charge in [-0.1, -0.05) is 31.5 Å². The number of hydrazone groups is 1. The second-order valence-corrected chi connectivity index (χ2v) is 6.79. The van der Waals surface area contributed by atoms with Crippen molar-refractivity contribution in [2.75, 3.05) is 20.8 Å². The van der Waals surface area contributed by atoms with Gasteiger partial charge in [0.25, 0.3) is 5.91 Å². The summed E-state index contributed by atoms with van der Waals surface area (Å²) in [6.07, 6.45) is 0. The molecule has 28 heavy (non-hydrogen) atoms. The molecule has 0 aliphatic heterocycles. The summed E-state index contributed by atoms with van der Waals surface area (Å²) in [6, 6.07) is 11.4. The van der Waals surface area contributed by atoms with Crippen LogP contribution in [0.25, 0.3) is 0 Å². The van der Waals surface area contributed by atoms with Crippen LogP contribution in [0.15, 0.2) is 41.5 Å². The average Bonchev–Trinajstić information content (AvgIpc) is 2.70. The number of hydrogen-bond acceptors (Lipinski definition) is 5. The molecule has 0 aliphatic carbocycles. The highest BCUT2D eigenvalue weighted by Gasteiger charge is 2.11. The first-order valence-corrected chi connectivity index (χ1v) is 9.14. The molecule has 1 N–H and O–H groups in total. The van der Waals surface area contributed by atoms with Gasteiger partial charge in [-0.2, -0.15) is 5.10 Å². The Kier molecular flexibility index (Phi) is 7.44.